The first-order valence-electron chi connectivity index (χ1n) is 4.59. The molecule has 1 saturated heterocycles. The summed E-state index contributed by atoms with van der Waals surface area (Å²) in [6.07, 6.45) is 1.92. The van der Waals surface area contributed by atoms with E-state index in [1.165, 1.54) is 7.11 Å². The van der Waals surface area contributed by atoms with Gasteiger partial charge in [0.15, 0.2) is 0 Å². The number of rotatable bonds is 3. The van der Waals surface area contributed by atoms with Gasteiger partial charge < -0.3 is 15.0 Å². The Bertz CT molecular complexity index is 186. The summed E-state index contributed by atoms with van der Waals surface area (Å²) in [7, 11) is 5.37. The van der Waals surface area contributed by atoms with Crippen LogP contribution in [-0.2, 0) is 9.53 Å². The smallest absolute Gasteiger partial charge is 0.327 e. The number of hydrogen-bond acceptors (Lipinski definition) is 4. The number of carbonyl (C=O) groups excluding carboxylic acids is 1. The number of ether oxygens (including phenoxy) is 1. The van der Waals surface area contributed by atoms with Crippen LogP contribution in [-0.4, -0.2) is 50.7 Å². The highest BCUT2D eigenvalue weighted by Gasteiger charge is 2.42. The number of esters is 1. The molecule has 4 nitrogen and oxygen atoms in total. The largest absolute Gasteiger partial charge is 0.468 e. The van der Waals surface area contributed by atoms with Gasteiger partial charge in [-0.1, -0.05) is 0 Å². The molecule has 76 valence electrons. The minimum absolute atomic E-state index is 0.140. The molecule has 1 fully saturated rings. The fourth-order valence-corrected chi connectivity index (χ4v) is 1.92. The SMILES string of the molecule is COC(=O)C1(CN(C)C)CCCN1. The number of nitrogens with one attached hydrogen (secondary N) is 1. The first kappa shape index (κ1) is 10.5. The topological polar surface area (TPSA) is 41.6 Å². The van der Waals surface area contributed by atoms with E-state index in [-0.39, 0.29) is 5.97 Å². The highest BCUT2D eigenvalue weighted by atomic mass is 16.5. The fourth-order valence-electron chi connectivity index (χ4n) is 1.92. The standard InChI is InChI=1S/C9H18N2O2/c1-11(2)7-9(8(12)13-3)5-4-6-10-9/h10H,4-7H2,1-3H3. The van der Waals surface area contributed by atoms with Gasteiger partial charge in [-0.3, -0.25) is 4.79 Å². The van der Waals surface area contributed by atoms with Crippen LogP contribution in [0.4, 0.5) is 0 Å². The number of carbonyl (C=O) groups is 1. The average Bonchev–Trinajstić information content (AvgIpc) is 2.51. The summed E-state index contributed by atoms with van der Waals surface area (Å²) in [5.41, 5.74) is -0.460. The Morgan fingerprint density at radius 2 is 2.31 bits per heavy atom. The normalized spacial score (nSPS) is 28.0. The highest BCUT2D eigenvalue weighted by Crippen LogP contribution is 2.21. The molecule has 0 aromatic carbocycles. The van der Waals surface area contributed by atoms with Gasteiger partial charge in [0.25, 0.3) is 0 Å². The zero-order valence-corrected chi connectivity index (χ0v) is 8.59. The van der Waals surface area contributed by atoms with Crippen molar-refractivity contribution in [1.29, 1.82) is 0 Å². The van der Waals surface area contributed by atoms with Gasteiger partial charge >= 0.3 is 5.97 Å². The van der Waals surface area contributed by atoms with E-state index in [1.807, 2.05) is 19.0 Å². The van der Waals surface area contributed by atoms with Gasteiger partial charge in [0, 0.05) is 6.54 Å². The molecule has 0 spiro atoms. The Kier molecular flexibility index (Phi) is 3.27. The van der Waals surface area contributed by atoms with Crippen LogP contribution in [0.25, 0.3) is 0 Å². The van der Waals surface area contributed by atoms with E-state index in [9.17, 15) is 4.79 Å². The summed E-state index contributed by atoms with van der Waals surface area (Å²) in [5, 5.41) is 3.24. The Morgan fingerprint density at radius 1 is 1.62 bits per heavy atom. The molecule has 0 radical (unpaired) electrons. The van der Waals surface area contributed by atoms with Gasteiger partial charge in [0.2, 0.25) is 0 Å². The third-order valence-electron chi connectivity index (χ3n) is 2.41. The first-order chi connectivity index (χ1) is 6.10. The monoisotopic (exact) mass is 186 g/mol. The Balaban J connectivity index is 2.68. The van der Waals surface area contributed by atoms with Crippen molar-refractivity contribution in [2.75, 3.05) is 34.3 Å². The molecule has 1 aliphatic rings. The second-order valence-corrected chi connectivity index (χ2v) is 3.84. The average molecular weight is 186 g/mol. The lowest BCUT2D eigenvalue weighted by Crippen LogP contribution is -2.54. The second kappa shape index (κ2) is 4.07. The van der Waals surface area contributed by atoms with Crippen molar-refractivity contribution < 1.29 is 9.53 Å². The van der Waals surface area contributed by atoms with Crippen molar-refractivity contribution in [3.05, 3.63) is 0 Å². The Labute approximate surface area is 79.2 Å². The van der Waals surface area contributed by atoms with Crippen molar-refractivity contribution >= 4 is 5.97 Å². The molecular weight excluding hydrogens is 168 g/mol. The first-order valence-corrected chi connectivity index (χ1v) is 4.59. The van der Waals surface area contributed by atoms with Crippen molar-refractivity contribution in [3.63, 3.8) is 0 Å². The molecule has 0 aliphatic carbocycles. The molecule has 0 aromatic heterocycles. The molecule has 0 amide bonds. The van der Waals surface area contributed by atoms with Crippen molar-refractivity contribution in [1.82, 2.24) is 10.2 Å². The highest BCUT2D eigenvalue weighted by molar-refractivity contribution is 5.81. The summed E-state index contributed by atoms with van der Waals surface area (Å²) >= 11 is 0. The second-order valence-electron chi connectivity index (χ2n) is 3.84. The van der Waals surface area contributed by atoms with Gasteiger partial charge in [0.05, 0.1) is 7.11 Å². The van der Waals surface area contributed by atoms with Crippen molar-refractivity contribution in [2.45, 2.75) is 18.4 Å². The number of nitrogens with zero attached hydrogens (tertiary/aromatic N) is 1. The summed E-state index contributed by atoms with van der Waals surface area (Å²) < 4.78 is 4.81. The van der Waals surface area contributed by atoms with Crippen LogP contribution in [0.5, 0.6) is 0 Å². The quantitative estimate of drug-likeness (QED) is 0.622. The predicted octanol–water partition coefficient (Wildman–Crippen LogP) is -0.157. The van der Waals surface area contributed by atoms with E-state index in [4.69, 9.17) is 4.74 Å². The van der Waals surface area contributed by atoms with E-state index < -0.39 is 5.54 Å². The van der Waals surface area contributed by atoms with Crippen LogP contribution in [0.2, 0.25) is 0 Å². The molecule has 4 heteroatoms. The molecule has 0 saturated carbocycles. The molecule has 1 N–H and O–H groups in total. The Hall–Kier alpha value is -0.610. The van der Waals surface area contributed by atoms with E-state index in [1.54, 1.807) is 0 Å². The Morgan fingerprint density at radius 3 is 2.69 bits per heavy atom. The lowest BCUT2D eigenvalue weighted by atomic mass is 9.97. The van der Waals surface area contributed by atoms with Crippen LogP contribution in [0.15, 0.2) is 0 Å². The minimum atomic E-state index is -0.460. The summed E-state index contributed by atoms with van der Waals surface area (Å²) in [5.74, 6) is -0.140. The predicted molar refractivity (Wildman–Crippen MR) is 50.5 cm³/mol. The van der Waals surface area contributed by atoms with E-state index >= 15 is 0 Å². The third kappa shape index (κ3) is 2.19. The fraction of sp³-hybridized carbons (Fsp3) is 0.889. The van der Waals surface area contributed by atoms with Crippen LogP contribution in [0.1, 0.15) is 12.8 Å². The number of methoxy groups -OCH3 is 1. The molecule has 1 aliphatic heterocycles. The third-order valence-corrected chi connectivity index (χ3v) is 2.41. The van der Waals surface area contributed by atoms with E-state index in [0.717, 1.165) is 19.4 Å². The maximum atomic E-state index is 11.6. The zero-order valence-electron chi connectivity index (χ0n) is 8.59. The molecule has 1 heterocycles. The van der Waals surface area contributed by atoms with E-state index in [0.29, 0.717) is 6.54 Å². The van der Waals surface area contributed by atoms with Crippen LogP contribution < -0.4 is 5.32 Å². The van der Waals surface area contributed by atoms with Gasteiger partial charge in [-0.05, 0) is 33.5 Å². The van der Waals surface area contributed by atoms with Crippen LogP contribution in [0, 0.1) is 0 Å². The number of hydrogen-bond donors (Lipinski definition) is 1. The summed E-state index contributed by atoms with van der Waals surface area (Å²) in [6, 6.07) is 0. The molecule has 0 aromatic rings. The van der Waals surface area contributed by atoms with Gasteiger partial charge in [0.1, 0.15) is 5.54 Å². The maximum Gasteiger partial charge on any atom is 0.327 e. The minimum Gasteiger partial charge on any atom is -0.468 e. The lowest BCUT2D eigenvalue weighted by molar-refractivity contribution is -0.148. The summed E-state index contributed by atoms with van der Waals surface area (Å²) in [6.45, 7) is 1.61. The molecule has 0 bridgehead atoms. The van der Waals surface area contributed by atoms with Crippen molar-refractivity contribution in [2.24, 2.45) is 0 Å². The molecule has 1 atom stereocenters. The summed E-state index contributed by atoms with van der Waals surface area (Å²) in [4.78, 5) is 13.6. The zero-order chi connectivity index (χ0) is 9.90. The van der Waals surface area contributed by atoms with Gasteiger partial charge in [-0.15, -0.1) is 0 Å². The molecule has 1 rings (SSSR count). The van der Waals surface area contributed by atoms with E-state index in [2.05, 4.69) is 5.32 Å². The van der Waals surface area contributed by atoms with Crippen molar-refractivity contribution in [3.8, 4) is 0 Å². The molecular formula is C9H18N2O2. The van der Waals surface area contributed by atoms with Gasteiger partial charge in [-0.25, -0.2) is 0 Å². The lowest BCUT2D eigenvalue weighted by Gasteiger charge is -2.29. The molecule has 13 heavy (non-hydrogen) atoms. The van der Waals surface area contributed by atoms with Crippen LogP contribution in [0.3, 0.4) is 0 Å². The van der Waals surface area contributed by atoms with Gasteiger partial charge in [-0.2, -0.15) is 0 Å². The molecule has 1 unspecified atom stereocenters. The number of likely N-dealkylation sites (N-methyl/N-ethyl adjacent to an activating group) is 1. The van der Waals surface area contributed by atoms with Crippen LogP contribution >= 0.6 is 0 Å². The maximum absolute atomic E-state index is 11.6.